The molecule has 4 heterocycles. The molecule has 0 spiro atoms. The quantitative estimate of drug-likeness (QED) is 0.494. The molecule has 0 aliphatic carbocycles. The smallest absolute Gasteiger partial charge is 0.257 e. The first-order valence-corrected chi connectivity index (χ1v) is 9.79. The summed E-state index contributed by atoms with van der Waals surface area (Å²) in [5.74, 6) is 0.527. The van der Waals surface area contributed by atoms with Gasteiger partial charge in [0.25, 0.3) is 5.91 Å². The fourth-order valence-electron chi connectivity index (χ4n) is 2.95. The van der Waals surface area contributed by atoms with Gasteiger partial charge in [-0.3, -0.25) is 9.48 Å². The number of likely N-dealkylation sites (N-methyl/N-ethyl adjacent to an activating group) is 1. The highest BCUT2D eigenvalue weighted by Gasteiger charge is 2.11. The third-order valence-electron chi connectivity index (χ3n) is 4.60. The minimum absolute atomic E-state index is 0.296. The van der Waals surface area contributed by atoms with Gasteiger partial charge in [0.05, 0.1) is 17.4 Å². The Kier molecular flexibility index (Phi) is 5.85. The Labute approximate surface area is 179 Å². The maximum absolute atomic E-state index is 12.7. The van der Waals surface area contributed by atoms with Crippen LogP contribution in [0.4, 0.5) is 5.82 Å². The second kappa shape index (κ2) is 8.88. The first kappa shape index (κ1) is 20.4. The van der Waals surface area contributed by atoms with Gasteiger partial charge in [0, 0.05) is 60.8 Å². The van der Waals surface area contributed by atoms with Crippen molar-refractivity contribution in [2.24, 2.45) is 7.05 Å². The van der Waals surface area contributed by atoms with Crippen LogP contribution in [-0.4, -0.2) is 62.8 Å². The first-order chi connectivity index (χ1) is 15.0. The minimum atomic E-state index is -0.296. The highest BCUT2D eigenvalue weighted by atomic mass is 16.5. The van der Waals surface area contributed by atoms with E-state index in [0.717, 1.165) is 28.7 Å². The number of hydrogen-bond acceptors (Lipinski definition) is 7. The molecule has 0 aliphatic rings. The van der Waals surface area contributed by atoms with E-state index in [1.165, 1.54) is 0 Å². The molecule has 0 saturated heterocycles. The van der Waals surface area contributed by atoms with Gasteiger partial charge in [-0.25, -0.2) is 15.0 Å². The monoisotopic (exact) mass is 417 g/mol. The zero-order chi connectivity index (χ0) is 21.8. The van der Waals surface area contributed by atoms with E-state index in [2.05, 4.69) is 25.4 Å². The third kappa shape index (κ3) is 5.01. The average molecular weight is 417 g/mol. The van der Waals surface area contributed by atoms with Crippen molar-refractivity contribution in [2.75, 3.05) is 32.6 Å². The lowest BCUT2D eigenvalue weighted by atomic mass is 10.2. The lowest BCUT2D eigenvalue weighted by Gasteiger charge is -2.11. The van der Waals surface area contributed by atoms with E-state index in [-0.39, 0.29) is 5.91 Å². The van der Waals surface area contributed by atoms with Gasteiger partial charge in [-0.1, -0.05) is 0 Å². The molecule has 0 aromatic carbocycles. The van der Waals surface area contributed by atoms with Crippen LogP contribution in [0.25, 0.3) is 22.2 Å². The maximum atomic E-state index is 12.7. The van der Waals surface area contributed by atoms with Crippen LogP contribution in [0.5, 0.6) is 5.88 Å². The van der Waals surface area contributed by atoms with Crippen LogP contribution in [0.2, 0.25) is 0 Å². The second-order valence-corrected chi connectivity index (χ2v) is 7.35. The van der Waals surface area contributed by atoms with Gasteiger partial charge in [0.2, 0.25) is 5.88 Å². The largest absolute Gasteiger partial charge is 0.476 e. The predicted octanol–water partition coefficient (Wildman–Crippen LogP) is 2.62. The predicted molar refractivity (Wildman–Crippen MR) is 118 cm³/mol. The van der Waals surface area contributed by atoms with Crippen LogP contribution in [0.15, 0.2) is 55.1 Å². The van der Waals surface area contributed by atoms with Crippen LogP contribution in [0.3, 0.4) is 0 Å². The summed E-state index contributed by atoms with van der Waals surface area (Å²) in [6.45, 7) is 1.25. The summed E-state index contributed by atoms with van der Waals surface area (Å²) < 4.78 is 7.34. The van der Waals surface area contributed by atoms with Crippen molar-refractivity contribution in [3.8, 4) is 17.1 Å². The number of aromatic nitrogens is 5. The molecule has 0 aliphatic heterocycles. The number of hydrogen-bond donors (Lipinski definition) is 1. The lowest BCUT2D eigenvalue weighted by molar-refractivity contribution is 0.102. The third-order valence-corrected chi connectivity index (χ3v) is 4.60. The zero-order valence-corrected chi connectivity index (χ0v) is 17.6. The fraction of sp³-hybridized carbons (Fsp3) is 0.227. The standard InChI is InChI=1S/C22H23N7O2/c1-28(2)8-9-31-21-10-15(6-7-23-21)22(30)27-20-11-19-16(12-24-20)4-5-18(26-19)17-13-25-29(3)14-17/h4-7,10-14H,8-9H2,1-3H3,(H,24,27,30). The molecule has 0 bridgehead atoms. The van der Waals surface area contributed by atoms with Gasteiger partial charge in [-0.05, 0) is 32.3 Å². The van der Waals surface area contributed by atoms with E-state index in [4.69, 9.17) is 4.74 Å². The Morgan fingerprint density at radius 2 is 2.03 bits per heavy atom. The number of pyridine rings is 3. The Morgan fingerprint density at radius 3 is 2.81 bits per heavy atom. The van der Waals surface area contributed by atoms with Gasteiger partial charge >= 0.3 is 0 Å². The highest BCUT2D eigenvalue weighted by molar-refractivity contribution is 6.04. The van der Waals surface area contributed by atoms with Crippen LogP contribution in [0.1, 0.15) is 10.4 Å². The molecule has 1 N–H and O–H groups in total. The van der Waals surface area contributed by atoms with Crippen molar-refractivity contribution in [1.29, 1.82) is 0 Å². The van der Waals surface area contributed by atoms with Crippen molar-refractivity contribution in [3.05, 3.63) is 60.7 Å². The number of fused-ring (bicyclic) bond motifs is 1. The van der Waals surface area contributed by atoms with Crippen LogP contribution < -0.4 is 10.1 Å². The first-order valence-electron chi connectivity index (χ1n) is 9.79. The fourth-order valence-corrected chi connectivity index (χ4v) is 2.95. The van der Waals surface area contributed by atoms with E-state index in [9.17, 15) is 4.79 Å². The van der Waals surface area contributed by atoms with Gasteiger partial charge < -0.3 is 15.0 Å². The molecule has 0 unspecified atom stereocenters. The molecule has 4 aromatic heterocycles. The number of carbonyl (C=O) groups excluding carboxylic acids is 1. The van der Waals surface area contributed by atoms with Gasteiger partial charge in [-0.15, -0.1) is 0 Å². The molecule has 4 rings (SSSR count). The molecular formula is C22H23N7O2. The summed E-state index contributed by atoms with van der Waals surface area (Å²) in [5.41, 5.74) is 2.89. The summed E-state index contributed by atoms with van der Waals surface area (Å²) in [6.07, 6.45) is 6.90. The Bertz CT molecular complexity index is 1220. The highest BCUT2D eigenvalue weighted by Crippen LogP contribution is 2.22. The molecule has 0 radical (unpaired) electrons. The summed E-state index contributed by atoms with van der Waals surface area (Å²) in [7, 11) is 5.79. The molecule has 9 nitrogen and oxygen atoms in total. The number of aryl methyl sites for hydroxylation is 1. The zero-order valence-electron chi connectivity index (χ0n) is 17.6. The number of anilines is 1. The van der Waals surface area contributed by atoms with Crippen molar-refractivity contribution < 1.29 is 9.53 Å². The van der Waals surface area contributed by atoms with Crippen molar-refractivity contribution in [3.63, 3.8) is 0 Å². The summed E-state index contributed by atoms with van der Waals surface area (Å²) in [6, 6.07) is 8.87. The number of nitrogens with one attached hydrogen (secondary N) is 1. The second-order valence-electron chi connectivity index (χ2n) is 7.35. The maximum Gasteiger partial charge on any atom is 0.257 e. The SMILES string of the molecule is CN(C)CCOc1cc(C(=O)Nc2cc3nc(-c4cnn(C)c4)ccc3cn2)ccn1. The van der Waals surface area contributed by atoms with Gasteiger partial charge in [-0.2, -0.15) is 5.10 Å². The van der Waals surface area contributed by atoms with Gasteiger partial charge in [0.15, 0.2) is 0 Å². The normalized spacial score (nSPS) is 11.1. The Hall–Kier alpha value is -3.85. The molecule has 9 heteroatoms. The van der Waals surface area contributed by atoms with Gasteiger partial charge in [0.1, 0.15) is 12.4 Å². The average Bonchev–Trinajstić information content (AvgIpc) is 3.19. The summed E-state index contributed by atoms with van der Waals surface area (Å²) in [4.78, 5) is 27.9. The van der Waals surface area contributed by atoms with Crippen molar-refractivity contribution in [2.45, 2.75) is 0 Å². The molecule has 1 amide bonds. The summed E-state index contributed by atoms with van der Waals surface area (Å²) in [5, 5.41) is 7.89. The number of ether oxygens (including phenoxy) is 1. The number of nitrogens with zero attached hydrogens (tertiary/aromatic N) is 6. The molecule has 0 fully saturated rings. The number of rotatable bonds is 7. The Morgan fingerprint density at radius 1 is 1.16 bits per heavy atom. The van der Waals surface area contributed by atoms with E-state index in [1.807, 2.05) is 44.4 Å². The minimum Gasteiger partial charge on any atom is -0.476 e. The number of amides is 1. The van der Waals surface area contributed by atoms with E-state index >= 15 is 0 Å². The van der Waals surface area contributed by atoms with E-state index < -0.39 is 0 Å². The topological polar surface area (TPSA) is 98.1 Å². The molecule has 0 saturated carbocycles. The molecule has 158 valence electrons. The van der Waals surface area contributed by atoms with Crippen molar-refractivity contribution in [1.82, 2.24) is 29.6 Å². The molecule has 4 aromatic rings. The van der Waals surface area contributed by atoms with E-state index in [0.29, 0.717) is 23.9 Å². The van der Waals surface area contributed by atoms with Crippen LogP contribution in [-0.2, 0) is 7.05 Å². The molecule has 0 atom stereocenters. The molecular weight excluding hydrogens is 394 g/mol. The van der Waals surface area contributed by atoms with E-state index in [1.54, 1.807) is 41.5 Å². The van der Waals surface area contributed by atoms with Crippen molar-refractivity contribution >= 4 is 22.6 Å². The van der Waals surface area contributed by atoms with Crippen LogP contribution in [0, 0.1) is 0 Å². The Balaban J connectivity index is 1.50. The summed E-state index contributed by atoms with van der Waals surface area (Å²) >= 11 is 0. The lowest BCUT2D eigenvalue weighted by Crippen LogP contribution is -2.20. The number of carbonyl (C=O) groups is 1. The van der Waals surface area contributed by atoms with Crippen LogP contribution >= 0.6 is 0 Å². The molecule has 31 heavy (non-hydrogen) atoms.